The van der Waals surface area contributed by atoms with Crippen LogP contribution in [-0.2, 0) is 0 Å². The molecular formula is C5H13Ga. The van der Waals surface area contributed by atoms with Gasteiger partial charge in [-0.2, -0.15) is 0 Å². The van der Waals surface area contributed by atoms with Crippen molar-refractivity contribution < 1.29 is 0 Å². The van der Waals surface area contributed by atoms with Crippen molar-refractivity contribution in [2.45, 2.75) is 29.3 Å². The van der Waals surface area contributed by atoms with E-state index in [2.05, 4.69) is 19.3 Å². The summed E-state index contributed by atoms with van der Waals surface area (Å²) in [6.07, 6.45) is 0. The SMILES string of the molecule is C[CH2][Ga]([CH3])[CH2]C. The molecule has 0 amide bonds. The van der Waals surface area contributed by atoms with Gasteiger partial charge in [0.25, 0.3) is 0 Å². The van der Waals surface area contributed by atoms with Gasteiger partial charge in [-0.05, 0) is 0 Å². The van der Waals surface area contributed by atoms with Crippen molar-refractivity contribution in [3.05, 3.63) is 0 Å². The summed E-state index contributed by atoms with van der Waals surface area (Å²) in [5, 5.41) is 0. The molecule has 0 aliphatic rings. The van der Waals surface area contributed by atoms with Crippen molar-refractivity contribution in [2.75, 3.05) is 0 Å². The molecule has 0 atom stereocenters. The first-order chi connectivity index (χ1) is 2.81. The summed E-state index contributed by atoms with van der Waals surface area (Å²) in [6.45, 7) is 4.63. The molecule has 0 heterocycles. The van der Waals surface area contributed by atoms with E-state index in [-0.39, 0.29) is 0 Å². The van der Waals surface area contributed by atoms with E-state index in [1.807, 2.05) is 0 Å². The molecule has 6 heavy (non-hydrogen) atoms. The summed E-state index contributed by atoms with van der Waals surface area (Å²) in [6, 6.07) is 0. The van der Waals surface area contributed by atoms with Crippen molar-refractivity contribution >= 4 is 16.2 Å². The Morgan fingerprint density at radius 1 is 1.17 bits per heavy atom. The van der Waals surface area contributed by atoms with Crippen LogP contribution >= 0.6 is 0 Å². The quantitative estimate of drug-likeness (QED) is 0.519. The van der Waals surface area contributed by atoms with E-state index in [4.69, 9.17) is 0 Å². The molecule has 0 fully saturated rings. The number of hydrogen-bond donors (Lipinski definition) is 0. The molecule has 0 aromatic heterocycles. The molecule has 0 spiro atoms. The molecule has 0 aromatic rings. The van der Waals surface area contributed by atoms with E-state index in [9.17, 15) is 0 Å². The first kappa shape index (κ1) is 6.64. The normalized spacial score (nSPS) is 8.50. The summed E-state index contributed by atoms with van der Waals surface area (Å²) in [5.74, 6) is 0. The van der Waals surface area contributed by atoms with Crippen LogP contribution in [0.5, 0.6) is 0 Å². The van der Waals surface area contributed by atoms with Crippen molar-refractivity contribution in [1.82, 2.24) is 0 Å². The first-order valence-electron chi connectivity index (χ1n) is 2.81. The van der Waals surface area contributed by atoms with Crippen LogP contribution in [0.15, 0.2) is 0 Å². The Labute approximate surface area is 46.0 Å². The Morgan fingerprint density at radius 3 is 1.50 bits per heavy atom. The standard InChI is InChI=1S/2C2H5.CH3.Ga/c2*1-2;;/h2*1H2,2H3;1H3;. The molecule has 0 unspecified atom stereocenters. The van der Waals surface area contributed by atoms with Crippen LogP contribution in [0.3, 0.4) is 0 Å². The van der Waals surface area contributed by atoms with Gasteiger partial charge in [0.2, 0.25) is 0 Å². The molecule has 0 rings (SSSR count). The minimum absolute atomic E-state index is 0.544. The van der Waals surface area contributed by atoms with Gasteiger partial charge in [0.05, 0.1) is 0 Å². The average molecular weight is 143 g/mol. The Bertz CT molecular complexity index is 23.1. The minimum atomic E-state index is -0.544. The molecule has 0 saturated carbocycles. The Balaban J connectivity index is 2.75. The third-order valence-electron chi connectivity index (χ3n) is 1.39. The van der Waals surface area contributed by atoms with Gasteiger partial charge >= 0.3 is 45.5 Å². The molecule has 0 nitrogen and oxygen atoms in total. The second-order valence-electron chi connectivity index (χ2n) is 1.92. The zero-order valence-electron chi connectivity index (χ0n) is 4.99. The zero-order valence-corrected chi connectivity index (χ0v) is 7.41. The molecule has 0 aliphatic carbocycles. The fourth-order valence-electron chi connectivity index (χ4n) is 0.289. The van der Waals surface area contributed by atoms with E-state index in [0.717, 1.165) is 0 Å². The van der Waals surface area contributed by atoms with Crippen LogP contribution in [0.4, 0.5) is 0 Å². The van der Waals surface area contributed by atoms with Crippen LogP contribution in [-0.4, -0.2) is 16.2 Å². The Morgan fingerprint density at radius 2 is 1.50 bits per heavy atom. The van der Waals surface area contributed by atoms with Crippen molar-refractivity contribution in [2.24, 2.45) is 0 Å². The maximum atomic E-state index is 2.47. The van der Waals surface area contributed by atoms with Gasteiger partial charge in [0.1, 0.15) is 0 Å². The average Bonchev–Trinajstić information content (AvgIpc) is 1.65. The fourth-order valence-corrected chi connectivity index (χ4v) is 1.50. The molecule has 0 aromatic carbocycles. The first-order valence-corrected chi connectivity index (χ1v) is 8.66. The van der Waals surface area contributed by atoms with Gasteiger partial charge in [-0.25, -0.2) is 0 Å². The summed E-state index contributed by atoms with van der Waals surface area (Å²) in [5.41, 5.74) is 2.47. The van der Waals surface area contributed by atoms with Gasteiger partial charge in [-0.3, -0.25) is 0 Å². The number of rotatable bonds is 2. The predicted octanol–water partition coefficient (Wildman–Crippen LogP) is 2.15. The Hall–Kier alpha value is 0.636. The Kier molecular flexibility index (Phi) is 4.22. The van der Waals surface area contributed by atoms with Crippen LogP contribution < -0.4 is 0 Å². The molecule has 0 saturated heterocycles. The van der Waals surface area contributed by atoms with E-state index in [0.29, 0.717) is 0 Å². The van der Waals surface area contributed by atoms with Crippen LogP contribution in [0.2, 0.25) is 15.4 Å². The molecule has 36 valence electrons. The summed E-state index contributed by atoms with van der Waals surface area (Å²) < 4.78 is 0. The van der Waals surface area contributed by atoms with Gasteiger partial charge < -0.3 is 0 Å². The molecule has 0 aliphatic heterocycles. The van der Waals surface area contributed by atoms with Crippen molar-refractivity contribution in [3.8, 4) is 0 Å². The van der Waals surface area contributed by atoms with Crippen molar-refractivity contribution in [1.29, 1.82) is 0 Å². The number of hydrogen-bond acceptors (Lipinski definition) is 0. The predicted molar refractivity (Wildman–Crippen MR) is 32.6 cm³/mol. The van der Waals surface area contributed by atoms with E-state index in [1.165, 1.54) is 9.95 Å². The maximum absolute atomic E-state index is 2.47. The molecule has 0 bridgehead atoms. The van der Waals surface area contributed by atoms with Gasteiger partial charge in [-0.15, -0.1) is 0 Å². The van der Waals surface area contributed by atoms with E-state index < -0.39 is 16.2 Å². The molecule has 1 heteroatoms. The van der Waals surface area contributed by atoms with Crippen LogP contribution in [0.25, 0.3) is 0 Å². The second-order valence-corrected chi connectivity index (χ2v) is 9.99. The van der Waals surface area contributed by atoms with E-state index >= 15 is 0 Å². The topological polar surface area (TPSA) is 0 Å². The molecular weight excluding hydrogens is 130 g/mol. The van der Waals surface area contributed by atoms with Crippen LogP contribution in [0.1, 0.15) is 13.8 Å². The fraction of sp³-hybridized carbons (Fsp3) is 1.00. The monoisotopic (exact) mass is 142 g/mol. The van der Waals surface area contributed by atoms with Gasteiger partial charge in [0, 0.05) is 0 Å². The summed E-state index contributed by atoms with van der Waals surface area (Å²) in [4.78, 5) is 3.03. The zero-order chi connectivity index (χ0) is 4.99. The van der Waals surface area contributed by atoms with E-state index in [1.54, 1.807) is 0 Å². The van der Waals surface area contributed by atoms with Crippen molar-refractivity contribution in [3.63, 3.8) is 0 Å². The third-order valence-corrected chi connectivity index (χ3v) is 7.24. The summed E-state index contributed by atoms with van der Waals surface area (Å²) >= 11 is -0.544. The summed E-state index contributed by atoms with van der Waals surface area (Å²) in [7, 11) is 0. The molecule has 0 N–H and O–H groups in total. The molecule has 0 radical (unpaired) electrons. The third kappa shape index (κ3) is 2.85. The van der Waals surface area contributed by atoms with Crippen LogP contribution in [0, 0.1) is 0 Å². The second kappa shape index (κ2) is 3.81. The van der Waals surface area contributed by atoms with Gasteiger partial charge in [0.15, 0.2) is 0 Å². The van der Waals surface area contributed by atoms with Gasteiger partial charge in [-0.1, -0.05) is 0 Å².